The fourth-order valence-corrected chi connectivity index (χ4v) is 2.05. The third kappa shape index (κ3) is 1.11. The number of rotatable bonds is 1. The zero-order chi connectivity index (χ0) is 6.27. The normalized spacial score (nSPS) is 43.7. The van der Waals surface area contributed by atoms with Crippen LogP contribution in [0.25, 0.3) is 0 Å². The summed E-state index contributed by atoms with van der Waals surface area (Å²) in [6, 6.07) is 0.551. The van der Waals surface area contributed by atoms with Gasteiger partial charge >= 0.3 is 0 Å². The van der Waals surface area contributed by atoms with Crippen molar-refractivity contribution < 1.29 is 0 Å². The smallest absolute Gasteiger partial charge is 0.00416 e. The molecule has 2 atom stereocenters. The molecule has 0 aromatic rings. The molecule has 0 aliphatic heterocycles. The van der Waals surface area contributed by atoms with Crippen molar-refractivity contribution in [1.82, 2.24) is 0 Å². The molecule has 0 amide bonds. The summed E-state index contributed by atoms with van der Waals surface area (Å²) in [6.07, 6.45) is 7.03. The van der Waals surface area contributed by atoms with Crippen LogP contribution in [0.2, 0.25) is 0 Å². The predicted molar refractivity (Wildman–Crippen MR) is 38.0 cm³/mol. The van der Waals surface area contributed by atoms with E-state index in [1.54, 1.807) is 0 Å². The lowest BCUT2D eigenvalue weighted by Crippen LogP contribution is -2.15. The molecule has 2 aliphatic carbocycles. The largest absolute Gasteiger partial charge is 0.328 e. The van der Waals surface area contributed by atoms with Gasteiger partial charge in [-0.05, 0) is 43.9 Å². The first kappa shape index (κ1) is 5.72. The van der Waals surface area contributed by atoms with Crippen LogP contribution in [0.1, 0.15) is 32.1 Å². The molecule has 0 aromatic carbocycles. The van der Waals surface area contributed by atoms with E-state index < -0.39 is 0 Å². The summed E-state index contributed by atoms with van der Waals surface area (Å²) in [5.41, 5.74) is 5.79. The molecule has 2 N–H and O–H groups in total. The van der Waals surface area contributed by atoms with Gasteiger partial charge in [-0.15, -0.1) is 0 Å². The minimum absolute atomic E-state index is 0.551. The Morgan fingerprint density at radius 2 is 1.56 bits per heavy atom. The van der Waals surface area contributed by atoms with Crippen LogP contribution in [0, 0.1) is 11.8 Å². The Balaban J connectivity index is 1.86. The molecule has 52 valence electrons. The van der Waals surface area contributed by atoms with Gasteiger partial charge in [-0.2, -0.15) is 0 Å². The molecule has 1 heteroatoms. The quantitative estimate of drug-likeness (QED) is 0.565. The molecule has 2 saturated carbocycles. The second kappa shape index (κ2) is 1.98. The highest BCUT2D eigenvalue weighted by Gasteiger charge is 2.35. The Hall–Kier alpha value is -0.0400. The highest BCUT2D eigenvalue weighted by Crippen LogP contribution is 2.44. The van der Waals surface area contributed by atoms with Crippen molar-refractivity contribution in [2.24, 2.45) is 17.6 Å². The summed E-state index contributed by atoms with van der Waals surface area (Å²) in [6.45, 7) is 0. The summed E-state index contributed by atoms with van der Waals surface area (Å²) in [7, 11) is 0. The molecule has 2 fully saturated rings. The molecule has 0 saturated heterocycles. The molecular weight excluding hydrogens is 110 g/mol. The fraction of sp³-hybridized carbons (Fsp3) is 1.00. The van der Waals surface area contributed by atoms with Crippen LogP contribution in [0.3, 0.4) is 0 Å². The molecule has 0 aromatic heterocycles. The Kier molecular flexibility index (Phi) is 1.26. The van der Waals surface area contributed by atoms with Gasteiger partial charge in [0.15, 0.2) is 0 Å². The van der Waals surface area contributed by atoms with E-state index in [4.69, 9.17) is 5.73 Å². The van der Waals surface area contributed by atoms with E-state index in [9.17, 15) is 0 Å². The summed E-state index contributed by atoms with van der Waals surface area (Å²) in [5.74, 6) is 2.12. The maximum Gasteiger partial charge on any atom is 0.00416 e. The summed E-state index contributed by atoms with van der Waals surface area (Å²) in [4.78, 5) is 0. The van der Waals surface area contributed by atoms with E-state index in [2.05, 4.69) is 0 Å². The van der Waals surface area contributed by atoms with Gasteiger partial charge in [-0.25, -0.2) is 0 Å². The maximum absolute atomic E-state index is 5.79. The van der Waals surface area contributed by atoms with E-state index in [0.717, 1.165) is 11.8 Å². The molecule has 0 bridgehead atoms. The summed E-state index contributed by atoms with van der Waals surface area (Å²) >= 11 is 0. The van der Waals surface area contributed by atoms with E-state index >= 15 is 0 Å². The minimum atomic E-state index is 0.551. The van der Waals surface area contributed by atoms with Crippen LogP contribution in [-0.4, -0.2) is 6.04 Å². The molecule has 2 unspecified atom stereocenters. The Labute approximate surface area is 56.6 Å². The Morgan fingerprint density at radius 3 is 2.00 bits per heavy atom. The lowest BCUT2D eigenvalue weighted by Gasteiger charge is -2.04. The first-order valence-corrected chi connectivity index (χ1v) is 4.12. The van der Waals surface area contributed by atoms with Crippen molar-refractivity contribution in [2.45, 2.75) is 38.1 Å². The van der Waals surface area contributed by atoms with Crippen molar-refractivity contribution in [3.8, 4) is 0 Å². The zero-order valence-corrected chi connectivity index (χ0v) is 5.84. The van der Waals surface area contributed by atoms with Gasteiger partial charge in [-0.1, -0.05) is 0 Å². The molecule has 0 spiro atoms. The van der Waals surface area contributed by atoms with E-state index in [1.165, 1.54) is 32.1 Å². The Morgan fingerprint density at radius 1 is 0.889 bits per heavy atom. The van der Waals surface area contributed by atoms with Gasteiger partial charge in [0.05, 0.1) is 0 Å². The SMILES string of the molecule is NC1CCC(C2CC2)C1. The maximum atomic E-state index is 5.79. The first-order chi connectivity index (χ1) is 4.36. The highest BCUT2D eigenvalue weighted by molar-refractivity contribution is 4.88. The average molecular weight is 125 g/mol. The van der Waals surface area contributed by atoms with Gasteiger partial charge in [0.25, 0.3) is 0 Å². The fourth-order valence-electron chi connectivity index (χ4n) is 2.05. The lowest BCUT2D eigenvalue weighted by molar-refractivity contribution is 0.472. The van der Waals surface area contributed by atoms with Crippen molar-refractivity contribution in [3.63, 3.8) is 0 Å². The van der Waals surface area contributed by atoms with Crippen molar-refractivity contribution in [2.75, 3.05) is 0 Å². The lowest BCUT2D eigenvalue weighted by atomic mass is 10.0. The van der Waals surface area contributed by atoms with E-state index in [0.29, 0.717) is 6.04 Å². The van der Waals surface area contributed by atoms with E-state index in [1.807, 2.05) is 0 Å². The number of nitrogens with two attached hydrogens (primary N) is 1. The minimum Gasteiger partial charge on any atom is -0.328 e. The average Bonchev–Trinajstić information content (AvgIpc) is 2.58. The predicted octanol–water partition coefficient (Wildman–Crippen LogP) is 1.52. The van der Waals surface area contributed by atoms with Crippen LogP contribution < -0.4 is 5.73 Å². The van der Waals surface area contributed by atoms with Crippen LogP contribution in [-0.2, 0) is 0 Å². The Bertz CT molecular complexity index is 107. The first-order valence-electron chi connectivity index (χ1n) is 4.12. The third-order valence-electron chi connectivity index (χ3n) is 2.80. The van der Waals surface area contributed by atoms with Gasteiger partial charge in [0.1, 0.15) is 0 Å². The van der Waals surface area contributed by atoms with Crippen LogP contribution >= 0.6 is 0 Å². The molecule has 1 nitrogen and oxygen atoms in total. The molecule has 9 heavy (non-hydrogen) atoms. The monoisotopic (exact) mass is 125 g/mol. The third-order valence-corrected chi connectivity index (χ3v) is 2.80. The summed E-state index contributed by atoms with van der Waals surface area (Å²) in [5, 5.41) is 0. The van der Waals surface area contributed by atoms with Gasteiger partial charge in [0.2, 0.25) is 0 Å². The number of hydrogen-bond donors (Lipinski definition) is 1. The van der Waals surface area contributed by atoms with Crippen molar-refractivity contribution >= 4 is 0 Å². The topological polar surface area (TPSA) is 26.0 Å². The molecule has 0 radical (unpaired) electrons. The van der Waals surface area contributed by atoms with E-state index in [-0.39, 0.29) is 0 Å². The molecule has 2 rings (SSSR count). The standard InChI is InChI=1S/C8H15N/c9-8-4-3-7(5-8)6-1-2-6/h6-8H,1-5,9H2. The second-order valence-electron chi connectivity index (χ2n) is 3.67. The zero-order valence-electron chi connectivity index (χ0n) is 5.84. The van der Waals surface area contributed by atoms with Crippen LogP contribution in [0.15, 0.2) is 0 Å². The second-order valence-corrected chi connectivity index (χ2v) is 3.67. The molecule has 2 aliphatic rings. The van der Waals surface area contributed by atoms with Crippen LogP contribution in [0.4, 0.5) is 0 Å². The number of hydrogen-bond acceptors (Lipinski definition) is 1. The van der Waals surface area contributed by atoms with Crippen LogP contribution in [0.5, 0.6) is 0 Å². The molecular formula is C8H15N. The summed E-state index contributed by atoms with van der Waals surface area (Å²) < 4.78 is 0. The molecule has 0 heterocycles. The van der Waals surface area contributed by atoms with Gasteiger partial charge in [0, 0.05) is 6.04 Å². The van der Waals surface area contributed by atoms with Crippen molar-refractivity contribution in [1.29, 1.82) is 0 Å². The van der Waals surface area contributed by atoms with Gasteiger partial charge in [-0.3, -0.25) is 0 Å². The van der Waals surface area contributed by atoms with Crippen molar-refractivity contribution in [3.05, 3.63) is 0 Å². The highest BCUT2D eigenvalue weighted by atomic mass is 14.7. The van der Waals surface area contributed by atoms with Gasteiger partial charge < -0.3 is 5.73 Å².